The van der Waals surface area contributed by atoms with Gasteiger partial charge in [0.15, 0.2) is 0 Å². The van der Waals surface area contributed by atoms with Gasteiger partial charge < -0.3 is 10.4 Å². The highest BCUT2D eigenvalue weighted by atomic mass is 32.1. The van der Waals surface area contributed by atoms with E-state index in [9.17, 15) is 9.59 Å². The molecule has 0 aliphatic carbocycles. The number of hydrogen-bond acceptors (Lipinski definition) is 4. The number of nitrogens with one attached hydrogen (secondary N) is 1. The van der Waals surface area contributed by atoms with E-state index in [0.717, 1.165) is 4.88 Å². The number of aromatic nitrogens is 1. The molecule has 0 saturated heterocycles. The van der Waals surface area contributed by atoms with E-state index < -0.39 is 23.2 Å². The maximum Gasteiger partial charge on any atom is 0.316 e. The van der Waals surface area contributed by atoms with Crippen LogP contribution in [0, 0.1) is 11.3 Å². The van der Waals surface area contributed by atoms with Gasteiger partial charge in [0.05, 0.1) is 12.1 Å². The summed E-state index contributed by atoms with van der Waals surface area (Å²) in [5, 5.41) is 11.7. The van der Waals surface area contributed by atoms with Crippen LogP contribution in [0.1, 0.15) is 25.6 Å². The molecule has 1 heterocycles. The molecule has 2 N–H and O–H groups in total. The van der Waals surface area contributed by atoms with Crippen LogP contribution in [0.3, 0.4) is 0 Å². The smallest absolute Gasteiger partial charge is 0.316 e. The van der Waals surface area contributed by atoms with Crippen LogP contribution >= 0.6 is 11.3 Å². The number of rotatable bonds is 4. The van der Waals surface area contributed by atoms with E-state index in [0.29, 0.717) is 6.54 Å². The Morgan fingerprint density at radius 3 is 2.59 bits per heavy atom. The number of hydrogen-bond donors (Lipinski definition) is 2. The molecule has 94 valence electrons. The Hall–Kier alpha value is -1.43. The summed E-state index contributed by atoms with van der Waals surface area (Å²) in [5.41, 5.74) is 1.06. The highest BCUT2D eigenvalue weighted by Crippen LogP contribution is 2.26. The molecule has 0 bridgehead atoms. The summed E-state index contributed by atoms with van der Waals surface area (Å²) in [7, 11) is 0. The molecule has 0 fully saturated rings. The summed E-state index contributed by atoms with van der Waals surface area (Å²) in [6, 6.07) is 0. The molecule has 0 aliphatic heterocycles. The average molecular weight is 256 g/mol. The quantitative estimate of drug-likeness (QED) is 0.800. The predicted octanol–water partition coefficient (Wildman–Crippen LogP) is 1.51. The average Bonchev–Trinajstić information content (AvgIpc) is 2.63. The number of carbonyl (C=O) groups excluding carboxylic acids is 1. The second-order valence-corrected chi connectivity index (χ2v) is 5.79. The molecule has 0 spiro atoms. The molecular weight excluding hydrogens is 240 g/mol. The third-order valence-corrected chi connectivity index (χ3v) is 3.08. The molecule has 1 aromatic rings. The molecule has 0 aliphatic rings. The lowest BCUT2D eigenvalue weighted by Gasteiger charge is -2.25. The van der Waals surface area contributed by atoms with Gasteiger partial charge in [0, 0.05) is 11.1 Å². The van der Waals surface area contributed by atoms with Crippen LogP contribution in [0.4, 0.5) is 0 Å². The minimum atomic E-state index is -1.10. The Bertz CT molecular complexity index is 395. The highest BCUT2D eigenvalue weighted by Gasteiger charge is 2.37. The Labute approximate surface area is 104 Å². The van der Waals surface area contributed by atoms with Crippen molar-refractivity contribution in [1.29, 1.82) is 0 Å². The van der Waals surface area contributed by atoms with Gasteiger partial charge in [-0.25, -0.2) is 0 Å². The Kier molecular flexibility index (Phi) is 4.22. The van der Waals surface area contributed by atoms with Gasteiger partial charge in [-0.1, -0.05) is 20.8 Å². The lowest BCUT2D eigenvalue weighted by molar-refractivity contribution is -0.151. The maximum absolute atomic E-state index is 11.8. The van der Waals surface area contributed by atoms with E-state index in [1.165, 1.54) is 11.3 Å². The fourth-order valence-electron chi connectivity index (χ4n) is 1.48. The molecule has 6 heteroatoms. The number of amides is 1. The number of carboxylic acids is 1. The van der Waals surface area contributed by atoms with Crippen molar-refractivity contribution in [2.75, 3.05) is 0 Å². The van der Waals surface area contributed by atoms with Crippen LogP contribution < -0.4 is 5.32 Å². The van der Waals surface area contributed by atoms with Crippen molar-refractivity contribution in [3.8, 4) is 0 Å². The Morgan fingerprint density at radius 2 is 2.18 bits per heavy atom. The van der Waals surface area contributed by atoms with Gasteiger partial charge in [-0.15, -0.1) is 11.3 Å². The monoisotopic (exact) mass is 256 g/mol. The number of carboxylic acid groups (broad SMARTS) is 1. The normalized spacial score (nSPS) is 13.1. The lowest BCUT2D eigenvalue weighted by Crippen LogP contribution is -2.42. The first-order chi connectivity index (χ1) is 7.82. The van der Waals surface area contributed by atoms with Crippen molar-refractivity contribution < 1.29 is 14.7 Å². The Balaban J connectivity index is 2.64. The third-order valence-electron chi connectivity index (χ3n) is 2.30. The third kappa shape index (κ3) is 3.81. The molecule has 1 rings (SSSR count). The fraction of sp³-hybridized carbons (Fsp3) is 0.545. The van der Waals surface area contributed by atoms with E-state index in [1.54, 1.807) is 32.5 Å². The number of nitrogens with zero attached hydrogens (tertiary/aromatic N) is 1. The van der Waals surface area contributed by atoms with E-state index >= 15 is 0 Å². The molecular formula is C11H16N2O3S. The van der Waals surface area contributed by atoms with Crippen LogP contribution in [0.5, 0.6) is 0 Å². The van der Waals surface area contributed by atoms with Crippen molar-refractivity contribution in [3.63, 3.8) is 0 Å². The van der Waals surface area contributed by atoms with Gasteiger partial charge in [-0.2, -0.15) is 0 Å². The van der Waals surface area contributed by atoms with Crippen molar-refractivity contribution in [1.82, 2.24) is 10.3 Å². The first-order valence-corrected chi connectivity index (χ1v) is 6.08. The van der Waals surface area contributed by atoms with Crippen LogP contribution in [0.2, 0.25) is 0 Å². The molecule has 0 aromatic carbocycles. The molecule has 1 aromatic heterocycles. The number of aliphatic carboxylic acids is 1. The summed E-state index contributed by atoms with van der Waals surface area (Å²) in [4.78, 5) is 27.7. The van der Waals surface area contributed by atoms with Crippen molar-refractivity contribution in [2.24, 2.45) is 11.3 Å². The van der Waals surface area contributed by atoms with Crippen molar-refractivity contribution in [3.05, 3.63) is 16.6 Å². The van der Waals surface area contributed by atoms with Crippen molar-refractivity contribution >= 4 is 23.2 Å². The minimum Gasteiger partial charge on any atom is -0.481 e. The van der Waals surface area contributed by atoms with Gasteiger partial charge in [0.2, 0.25) is 5.91 Å². The van der Waals surface area contributed by atoms with E-state index in [4.69, 9.17) is 5.11 Å². The molecule has 17 heavy (non-hydrogen) atoms. The molecule has 0 radical (unpaired) electrons. The second-order valence-electron chi connectivity index (χ2n) is 4.82. The molecule has 0 saturated carbocycles. The summed E-state index contributed by atoms with van der Waals surface area (Å²) in [6.07, 6.45) is 1.65. The standard InChI is InChI=1S/C11H16N2O3S/c1-11(2,3)8(10(15)16)9(14)13-5-7-4-12-6-17-7/h4,6,8H,5H2,1-3H3,(H,13,14)(H,15,16). The first-order valence-electron chi connectivity index (χ1n) is 5.20. The van der Waals surface area contributed by atoms with Crippen LogP contribution in [-0.4, -0.2) is 22.0 Å². The predicted molar refractivity (Wildman–Crippen MR) is 64.5 cm³/mol. The van der Waals surface area contributed by atoms with Crippen LogP contribution in [-0.2, 0) is 16.1 Å². The summed E-state index contributed by atoms with van der Waals surface area (Å²) >= 11 is 1.42. The summed E-state index contributed by atoms with van der Waals surface area (Å²) in [6.45, 7) is 5.53. The molecule has 5 nitrogen and oxygen atoms in total. The summed E-state index contributed by atoms with van der Waals surface area (Å²) < 4.78 is 0. The minimum absolute atomic E-state index is 0.323. The number of carbonyl (C=O) groups is 2. The Morgan fingerprint density at radius 1 is 1.53 bits per heavy atom. The van der Waals surface area contributed by atoms with Gasteiger partial charge in [-0.3, -0.25) is 14.6 Å². The first kappa shape index (κ1) is 13.6. The van der Waals surface area contributed by atoms with Crippen molar-refractivity contribution in [2.45, 2.75) is 27.3 Å². The van der Waals surface area contributed by atoms with E-state index in [2.05, 4.69) is 10.3 Å². The highest BCUT2D eigenvalue weighted by molar-refractivity contribution is 7.09. The second kappa shape index (κ2) is 5.27. The van der Waals surface area contributed by atoms with E-state index in [1.807, 2.05) is 0 Å². The lowest BCUT2D eigenvalue weighted by atomic mass is 9.80. The zero-order valence-corrected chi connectivity index (χ0v) is 10.9. The van der Waals surface area contributed by atoms with Gasteiger partial charge >= 0.3 is 5.97 Å². The summed E-state index contributed by atoms with van der Waals surface area (Å²) in [5.74, 6) is -2.60. The van der Waals surface area contributed by atoms with Gasteiger partial charge in [-0.05, 0) is 5.41 Å². The van der Waals surface area contributed by atoms with Crippen LogP contribution in [0.15, 0.2) is 11.7 Å². The zero-order chi connectivity index (χ0) is 13.1. The topological polar surface area (TPSA) is 79.3 Å². The molecule has 1 atom stereocenters. The largest absolute Gasteiger partial charge is 0.481 e. The SMILES string of the molecule is CC(C)(C)C(C(=O)O)C(=O)NCc1cncs1. The zero-order valence-electron chi connectivity index (χ0n) is 10.1. The van der Waals surface area contributed by atoms with Gasteiger partial charge in [0.1, 0.15) is 5.92 Å². The van der Waals surface area contributed by atoms with Gasteiger partial charge in [0.25, 0.3) is 0 Å². The van der Waals surface area contributed by atoms with E-state index in [-0.39, 0.29) is 0 Å². The molecule has 1 unspecified atom stereocenters. The maximum atomic E-state index is 11.8. The fourth-order valence-corrected chi connectivity index (χ4v) is 2.02. The van der Waals surface area contributed by atoms with Crippen LogP contribution in [0.25, 0.3) is 0 Å². The molecule has 1 amide bonds. The number of thiazole rings is 1.